The number of methoxy groups -OCH3 is 1. The Bertz CT molecular complexity index is 1310. The SMILES string of the molecule is COC(=N)/C(=C\[NH2+]CC(C)(C)O)C(=O)N[C@H]1C[C@@H](Nc2cc(C(F)(F)F)nc3ccc(Cl)cc23)CN(C(C)=O)C1. The molecule has 2 atom stereocenters. The van der Waals surface area contributed by atoms with Crippen LogP contribution in [0.25, 0.3) is 10.9 Å². The largest absolute Gasteiger partial charge is 0.481 e. The van der Waals surface area contributed by atoms with E-state index in [1.165, 1.54) is 43.3 Å². The molecule has 1 aliphatic rings. The Hall–Kier alpha value is -3.42. The number of carbonyl (C=O) groups excluding carboxylic acids is 2. The summed E-state index contributed by atoms with van der Waals surface area (Å²) in [4.78, 5) is 30.6. The zero-order valence-electron chi connectivity index (χ0n) is 22.5. The molecule has 0 bridgehead atoms. The first-order chi connectivity index (χ1) is 18.6. The number of aliphatic hydroxyl groups is 1. The zero-order chi connectivity index (χ0) is 29.8. The number of benzene rings is 1. The number of amides is 2. The number of nitrogens with two attached hydrogens (primary N) is 1. The number of nitrogens with one attached hydrogen (secondary N) is 3. The summed E-state index contributed by atoms with van der Waals surface area (Å²) in [5, 5.41) is 26.1. The van der Waals surface area contributed by atoms with E-state index in [4.69, 9.17) is 21.7 Å². The van der Waals surface area contributed by atoms with E-state index in [-0.39, 0.29) is 48.7 Å². The van der Waals surface area contributed by atoms with Crippen LogP contribution in [0.15, 0.2) is 36.0 Å². The summed E-state index contributed by atoms with van der Waals surface area (Å²) in [6.07, 6.45) is -3.04. The molecule has 0 unspecified atom stereocenters. The lowest BCUT2D eigenvalue weighted by Crippen LogP contribution is -2.82. The number of hydrogen-bond acceptors (Lipinski definition) is 7. The summed E-state index contributed by atoms with van der Waals surface area (Å²) in [7, 11) is 1.25. The average molecular weight is 586 g/mol. The highest BCUT2D eigenvalue weighted by molar-refractivity contribution is 6.31. The molecule has 1 fully saturated rings. The fourth-order valence-electron chi connectivity index (χ4n) is 4.34. The molecule has 0 spiro atoms. The monoisotopic (exact) mass is 585 g/mol. The zero-order valence-corrected chi connectivity index (χ0v) is 23.3. The number of fused-ring (bicyclic) bond motifs is 1. The van der Waals surface area contributed by atoms with Crippen molar-refractivity contribution < 1.29 is 37.9 Å². The van der Waals surface area contributed by atoms with Gasteiger partial charge in [-0.25, -0.2) is 4.98 Å². The maximum atomic E-state index is 13.6. The molecule has 10 nitrogen and oxygen atoms in total. The van der Waals surface area contributed by atoms with Gasteiger partial charge in [-0.05, 0) is 44.5 Å². The first kappa shape index (κ1) is 31.1. The Morgan fingerprint density at radius 1 is 1.27 bits per heavy atom. The summed E-state index contributed by atoms with van der Waals surface area (Å²) in [6, 6.07) is 4.13. The number of ether oxygens (including phenoxy) is 1. The number of alkyl halides is 3. The lowest BCUT2D eigenvalue weighted by molar-refractivity contribution is -0.602. The van der Waals surface area contributed by atoms with Crippen LogP contribution in [0.3, 0.4) is 0 Å². The van der Waals surface area contributed by atoms with Gasteiger partial charge >= 0.3 is 6.18 Å². The second-order valence-corrected chi connectivity index (χ2v) is 10.7. The number of pyridine rings is 1. The van der Waals surface area contributed by atoms with Crippen LogP contribution in [-0.2, 0) is 20.5 Å². The molecule has 6 N–H and O–H groups in total. The molecule has 1 aromatic heterocycles. The van der Waals surface area contributed by atoms with Gasteiger partial charge in [-0.15, -0.1) is 0 Å². The fraction of sp³-hybridized carbons (Fsp3) is 0.462. The van der Waals surface area contributed by atoms with Crippen molar-refractivity contribution >= 4 is 45.9 Å². The highest BCUT2D eigenvalue weighted by Crippen LogP contribution is 2.34. The van der Waals surface area contributed by atoms with E-state index in [9.17, 15) is 27.9 Å². The van der Waals surface area contributed by atoms with Gasteiger partial charge < -0.3 is 30.7 Å². The van der Waals surface area contributed by atoms with E-state index in [0.717, 1.165) is 6.07 Å². The van der Waals surface area contributed by atoms with Crippen LogP contribution >= 0.6 is 11.6 Å². The van der Waals surface area contributed by atoms with Crippen LogP contribution in [0.2, 0.25) is 5.02 Å². The van der Waals surface area contributed by atoms with Crippen LogP contribution in [-0.4, -0.2) is 77.1 Å². The van der Waals surface area contributed by atoms with Crippen molar-refractivity contribution in [2.24, 2.45) is 0 Å². The Morgan fingerprint density at radius 3 is 2.55 bits per heavy atom. The number of aromatic nitrogens is 1. The molecule has 0 aliphatic carbocycles. The lowest BCUT2D eigenvalue weighted by Gasteiger charge is -2.38. The molecule has 1 aromatic carbocycles. The number of piperidine rings is 1. The molecule has 3 rings (SSSR count). The smallest absolute Gasteiger partial charge is 0.433 e. The van der Waals surface area contributed by atoms with E-state index < -0.39 is 41.4 Å². The second-order valence-electron chi connectivity index (χ2n) is 10.3. The minimum Gasteiger partial charge on any atom is -0.481 e. The molecule has 2 amide bonds. The van der Waals surface area contributed by atoms with E-state index in [1.807, 2.05) is 0 Å². The quantitative estimate of drug-likeness (QED) is 0.183. The predicted molar refractivity (Wildman–Crippen MR) is 144 cm³/mol. The van der Waals surface area contributed by atoms with Crippen molar-refractivity contribution in [1.29, 1.82) is 5.41 Å². The summed E-state index contributed by atoms with van der Waals surface area (Å²) < 4.78 is 45.7. The highest BCUT2D eigenvalue weighted by Gasteiger charge is 2.35. The number of rotatable bonds is 8. The minimum atomic E-state index is -4.68. The molecule has 1 aliphatic heterocycles. The maximum absolute atomic E-state index is 13.6. The Kier molecular flexibility index (Phi) is 9.64. The summed E-state index contributed by atoms with van der Waals surface area (Å²) in [6.45, 7) is 5.13. The van der Waals surface area contributed by atoms with Gasteiger partial charge in [0.2, 0.25) is 11.8 Å². The van der Waals surface area contributed by atoms with Gasteiger partial charge in [0, 0.05) is 48.2 Å². The molecular weight excluding hydrogens is 553 g/mol. The third-order valence-electron chi connectivity index (χ3n) is 6.25. The van der Waals surface area contributed by atoms with Crippen molar-refractivity contribution in [2.45, 2.75) is 51.1 Å². The average Bonchev–Trinajstić information content (AvgIpc) is 2.84. The van der Waals surface area contributed by atoms with Gasteiger partial charge in [0.15, 0.2) is 5.57 Å². The third-order valence-corrected chi connectivity index (χ3v) is 6.48. The highest BCUT2D eigenvalue weighted by atomic mass is 35.5. The number of halogens is 4. The first-order valence-electron chi connectivity index (χ1n) is 12.5. The number of likely N-dealkylation sites (tertiary alicyclic amines) is 1. The van der Waals surface area contributed by atoms with Crippen molar-refractivity contribution in [3.63, 3.8) is 0 Å². The van der Waals surface area contributed by atoms with Crippen molar-refractivity contribution in [2.75, 3.05) is 32.1 Å². The van der Waals surface area contributed by atoms with Crippen molar-refractivity contribution in [1.82, 2.24) is 15.2 Å². The molecule has 14 heteroatoms. The molecule has 40 heavy (non-hydrogen) atoms. The van der Waals surface area contributed by atoms with Gasteiger partial charge in [0.25, 0.3) is 5.91 Å². The van der Waals surface area contributed by atoms with E-state index in [2.05, 4.69) is 15.6 Å². The summed E-state index contributed by atoms with van der Waals surface area (Å²) in [5.41, 5.74) is -1.95. The molecule has 0 radical (unpaired) electrons. The first-order valence-corrected chi connectivity index (χ1v) is 12.8. The van der Waals surface area contributed by atoms with E-state index >= 15 is 0 Å². The number of quaternary nitrogens is 1. The topological polar surface area (TPSA) is 144 Å². The lowest BCUT2D eigenvalue weighted by atomic mass is 9.99. The van der Waals surface area contributed by atoms with Crippen LogP contribution < -0.4 is 16.0 Å². The molecule has 1 saturated heterocycles. The minimum absolute atomic E-state index is 0.0826. The fourth-order valence-corrected chi connectivity index (χ4v) is 4.51. The van der Waals surface area contributed by atoms with Crippen molar-refractivity contribution in [3.05, 3.63) is 46.8 Å². The number of anilines is 1. The van der Waals surface area contributed by atoms with Gasteiger partial charge in [0.1, 0.15) is 24.0 Å². The number of carbonyl (C=O) groups is 2. The van der Waals surface area contributed by atoms with E-state index in [1.54, 1.807) is 19.2 Å². The Balaban J connectivity index is 1.87. The Labute approximate surface area is 234 Å². The number of nitrogens with zero attached hydrogens (tertiary/aromatic N) is 2. The maximum Gasteiger partial charge on any atom is 0.433 e. The second kappa shape index (κ2) is 12.4. The standard InChI is InChI=1S/C26H32ClF3N6O4/c1-14(37)36-11-16(33-21-9-22(26(28,29)30)35-20-6-5-15(27)7-18(20)21)8-17(12-36)34-24(38)19(23(31)40-4)10-32-13-25(2,3)39/h5-7,9-10,16-17,31-32,39H,8,11-13H2,1-4H3,(H,33,35)(H,34,38)/p+1/b19-10+,31-23?/t16-,17+/m1/s1. The molecule has 2 heterocycles. The molecule has 218 valence electrons. The van der Waals surface area contributed by atoms with Gasteiger partial charge in [-0.1, -0.05) is 11.6 Å². The predicted octanol–water partition coefficient (Wildman–Crippen LogP) is 2.27. The summed E-state index contributed by atoms with van der Waals surface area (Å²) >= 11 is 6.11. The summed E-state index contributed by atoms with van der Waals surface area (Å²) in [5.74, 6) is -1.30. The molecule has 0 saturated carbocycles. The van der Waals surface area contributed by atoms with Crippen LogP contribution in [0.5, 0.6) is 0 Å². The normalized spacial score (nSPS) is 18.4. The molecule has 2 aromatic rings. The van der Waals surface area contributed by atoms with Gasteiger partial charge in [-0.2, -0.15) is 13.2 Å². The Morgan fingerprint density at radius 2 is 1.95 bits per heavy atom. The van der Waals surface area contributed by atoms with Gasteiger partial charge in [-0.3, -0.25) is 15.0 Å². The number of hydrogen-bond donors (Lipinski definition) is 5. The van der Waals surface area contributed by atoms with Crippen LogP contribution in [0, 0.1) is 5.41 Å². The van der Waals surface area contributed by atoms with Crippen molar-refractivity contribution in [3.8, 4) is 0 Å². The van der Waals surface area contributed by atoms with Crippen LogP contribution in [0.4, 0.5) is 18.9 Å². The van der Waals surface area contributed by atoms with Gasteiger partial charge in [0.05, 0.1) is 12.6 Å². The van der Waals surface area contributed by atoms with Crippen LogP contribution in [0.1, 0.15) is 32.9 Å². The van der Waals surface area contributed by atoms with E-state index in [0.29, 0.717) is 10.4 Å². The third kappa shape index (κ3) is 8.29. The molecular formula is C26H33ClF3N6O4+.